The van der Waals surface area contributed by atoms with Crippen molar-refractivity contribution in [1.82, 2.24) is 0 Å². The Bertz CT molecular complexity index is 1080. The number of methoxy groups -OCH3 is 1. The summed E-state index contributed by atoms with van der Waals surface area (Å²) in [5, 5.41) is 2.70. The Morgan fingerprint density at radius 3 is 2.55 bits per heavy atom. The number of nitrogens with one attached hydrogen (secondary N) is 1. The molecule has 0 aliphatic carbocycles. The van der Waals surface area contributed by atoms with Gasteiger partial charge in [-0.1, -0.05) is 18.2 Å². The maximum Gasteiger partial charge on any atom is 0.375 e. The zero-order valence-electron chi connectivity index (χ0n) is 15.4. The molecule has 152 valence electrons. The summed E-state index contributed by atoms with van der Waals surface area (Å²) in [5.41, 5.74) is 0.306. The first-order valence-electron chi connectivity index (χ1n) is 8.48. The van der Waals surface area contributed by atoms with Crippen molar-refractivity contribution in [3.63, 3.8) is 0 Å². The molecule has 0 fully saturated rings. The van der Waals surface area contributed by atoms with Crippen molar-refractivity contribution in [2.45, 2.75) is 19.6 Å². The summed E-state index contributed by atoms with van der Waals surface area (Å²) < 4.78 is 55.7. The van der Waals surface area contributed by atoms with Crippen molar-refractivity contribution < 1.29 is 36.7 Å². The van der Waals surface area contributed by atoms with Gasteiger partial charge in [-0.15, -0.1) is 0 Å². The predicted octanol–water partition coefficient (Wildman–Crippen LogP) is 4.18. The lowest BCUT2D eigenvalue weighted by Gasteiger charge is -2.14. The van der Waals surface area contributed by atoms with Crippen molar-refractivity contribution >= 4 is 28.5 Å². The highest BCUT2D eigenvalue weighted by molar-refractivity contribution is 5.99. The number of furan rings is 1. The molecule has 2 aromatic carbocycles. The topological polar surface area (TPSA) is 77.8 Å². The standard InChI is InChI=1S/C20H16F3NO5/c1-10(19(25)24-14-8-7-13(21)16(22)17(14)23)28-20(26)18-12(9-27-2)11-5-3-4-6-15(11)29-18/h3-8,10H,9H2,1-2H3,(H,24,25)/t10-/m1/s1. The van der Waals surface area contributed by atoms with E-state index in [2.05, 4.69) is 0 Å². The number of ether oxygens (including phenoxy) is 2. The van der Waals surface area contributed by atoms with Crippen LogP contribution in [-0.2, 0) is 20.9 Å². The summed E-state index contributed by atoms with van der Waals surface area (Å²) in [6.07, 6.45) is -1.38. The summed E-state index contributed by atoms with van der Waals surface area (Å²) in [4.78, 5) is 24.7. The monoisotopic (exact) mass is 407 g/mol. The number of amides is 1. The smallest absolute Gasteiger partial charge is 0.375 e. The molecule has 0 unspecified atom stereocenters. The minimum Gasteiger partial charge on any atom is -0.449 e. The second kappa shape index (κ2) is 8.36. The average Bonchev–Trinajstić information content (AvgIpc) is 3.07. The first-order valence-corrected chi connectivity index (χ1v) is 8.48. The van der Waals surface area contributed by atoms with E-state index < -0.39 is 41.1 Å². The second-order valence-electron chi connectivity index (χ2n) is 6.10. The summed E-state index contributed by atoms with van der Waals surface area (Å²) in [6, 6.07) is 8.41. The molecule has 3 rings (SSSR count). The number of hydrogen-bond acceptors (Lipinski definition) is 5. The highest BCUT2D eigenvalue weighted by atomic mass is 19.2. The summed E-state index contributed by atoms with van der Waals surface area (Å²) in [5.74, 6) is -6.67. The third kappa shape index (κ3) is 4.09. The van der Waals surface area contributed by atoms with Crippen molar-refractivity contribution in [3.05, 3.63) is 65.2 Å². The number of fused-ring (bicyclic) bond motifs is 1. The Kier molecular flexibility index (Phi) is 5.88. The lowest BCUT2D eigenvalue weighted by Crippen LogP contribution is -2.30. The molecule has 0 saturated carbocycles. The van der Waals surface area contributed by atoms with Crippen LogP contribution in [0.1, 0.15) is 23.0 Å². The molecule has 1 amide bonds. The minimum atomic E-state index is -1.72. The van der Waals surface area contributed by atoms with Gasteiger partial charge in [0.15, 0.2) is 23.6 Å². The van der Waals surface area contributed by atoms with Gasteiger partial charge in [0.25, 0.3) is 5.91 Å². The van der Waals surface area contributed by atoms with Crippen LogP contribution in [0.15, 0.2) is 40.8 Å². The van der Waals surface area contributed by atoms with E-state index in [1.54, 1.807) is 24.3 Å². The van der Waals surface area contributed by atoms with E-state index in [0.717, 1.165) is 6.07 Å². The molecule has 1 N–H and O–H groups in total. The number of benzene rings is 2. The van der Waals surface area contributed by atoms with Crippen LogP contribution in [0.25, 0.3) is 11.0 Å². The molecule has 1 aromatic heterocycles. The molecule has 0 radical (unpaired) electrons. The zero-order valence-corrected chi connectivity index (χ0v) is 15.4. The van der Waals surface area contributed by atoms with Gasteiger partial charge in [-0.2, -0.15) is 0 Å². The van der Waals surface area contributed by atoms with Crippen LogP contribution in [0.2, 0.25) is 0 Å². The first-order chi connectivity index (χ1) is 13.8. The van der Waals surface area contributed by atoms with Crippen LogP contribution in [0.4, 0.5) is 18.9 Å². The molecule has 0 aliphatic heterocycles. The van der Waals surface area contributed by atoms with E-state index in [-0.39, 0.29) is 12.4 Å². The average molecular weight is 407 g/mol. The molecule has 3 aromatic rings. The molecular formula is C20H16F3NO5. The normalized spacial score (nSPS) is 12.0. The van der Waals surface area contributed by atoms with Gasteiger partial charge in [0.05, 0.1) is 12.3 Å². The number of carbonyl (C=O) groups is 2. The molecule has 6 nitrogen and oxygen atoms in total. The summed E-state index contributed by atoms with van der Waals surface area (Å²) >= 11 is 0. The van der Waals surface area contributed by atoms with Gasteiger partial charge in [0, 0.05) is 18.1 Å². The molecule has 0 saturated heterocycles. The number of anilines is 1. The van der Waals surface area contributed by atoms with Crippen LogP contribution < -0.4 is 5.32 Å². The van der Waals surface area contributed by atoms with E-state index in [1.165, 1.54) is 14.0 Å². The maximum atomic E-state index is 13.7. The molecule has 1 atom stereocenters. The van der Waals surface area contributed by atoms with Gasteiger partial charge in [-0.05, 0) is 25.1 Å². The fourth-order valence-electron chi connectivity index (χ4n) is 2.68. The Balaban J connectivity index is 1.77. The van der Waals surface area contributed by atoms with E-state index in [9.17, 15) is 22.8 Å². The lowest BCUT2D eigenvalue weighted by molar-refractivity contribution is -0.123. The van der Waals surface area contributed by atoms with Crippen LogP contribution in [0.3, 0.4) is 0 Å². The molecule has 9 heteroatoms. The van der Waals surface area contributed by atoms with E-state index in [0.29, 0.717) is 22.6 Å². The number of esters is 1. The summed E-state index contributed by atoms with van der Waals surface area (Å²) in [7, 11) is 1.45. The van der Waals surface area contributed by atoms with Crippen molar-refractivity contribution in [1.29, 1.82) is 0 Å². The second-order valence-corrected chi connectivity index (χ2v) is 6.10. The van der Waals surface area contributed by atoms with Gasteiger partial charge < -0.3 is 19.2 Å². The molecule has 1 heterocycles. The fraction of sp³-hybridized carbons (Fsp3) is 0.200. The maximum absolute atomic E-state index is 13.7. The highest BCUT2D eigenvalue weighted by Crippen LogP contribution is 2.27. The number of para-hydroxylation sites is 1. The third-order valence-electron chi connectivity index (χ3n) is 4.12. The number of halogens is 3. The highest BCUT2D eigenvalue weighted by Gasteiger charge is 2.26. The Hall–Kier alpha value is -3.33. The number of rotatable bonds is 6. The van der Waals surface area contributed by atoms with Crippen LogP contribution in [0, 0.1) is 17.5 Å². The van der Waals surface area contributed by atoms with Crippen molar-refractivity contribution in [3.8, 4) is 0 Å². The largest absolute Gasteiger partial charge is 0.449 e. The zero-order chi connectivity index (χ0) is 21.1. The Morgan fingerprint density at radius 1 is 1.10 bits per heavy atom. The van der Waals surface area contributed by atoms with Gasteiger partial charge >= 0.3 is 5.97 Å². The fourth-order valence-corrected chi connectivity index (χ4v) is 2.68. The van der Waals surface area contributed by atoms with Crippen LogP contribution in [0.5, 0.6) is 0 Å². The van der Waals surface area contributed by atoms with Crippen molar-refractivity contribution in [2.75, 3.05) is 12.4 Å². The molecule has 29 heavy (non-hydrogen) atoms. The van der Waals surface area contributed by atoms with Crippen LogP contribution in [-0.4, -0.2) is 25.1 Å². The van der Waals surface area contributed by atoms with Gasteiger partial charge in [0.1, 0.15) is 5.58 Å². The first kappa shape index (κ1) is 20.4. The predicted molar refractivity (Wildman–Crippen MR) is 96.8 cm³/mol. The molecule has 0 bridgehead atoms. The summed E-state index contributed by atoms with van der Waals surface area (Å²) in [6.45, 7) is 1.31. The Morgan fingerprint density at radius 2 is 1.83 bits per heavy atom. The SMILES string of the molecule is COCc1c(C(=O)O[C@H](C)C(=O)Nc2ccc(F)c(F)c2F)oc2ccccc12. The number of hydrogen-bond donors (Lipinski definition) is 1. The van der Waals surface area contributed by atoms with Crippen LogP contribution >= 0.6 is 0 Å². The van der Waals surface area contributed by atoms with Gasteiger partial charge in [0.2, 0.25) is 5.76 Å². The Labute approximate surface area is 163 Å². The van der Waals surface area contributed by atoms with Gasteiger partial charge in [-0.3, -0.25) is 4.79 Å². The van der Waals surface area contributed by atoms with E-state index in [1.807, 2.05) is 5.32 Å². The molecular weight excluding hydrogens is 391 g/mol. The minimum absolute atomic E-state index is 0.0715. The third-order valence-corrected chi connectivity index (χ3v) is 4.12. The molecule has 0 aliphatic rings. The van der Waals surface area contributed by atoms with Crippen molar-refractivity contribution in [2.24, 2.45) is 0 Å². The lowest BCUT2D eigenvalue weighted by atomic mass is 10.1. The molecule has 0 spiro atoms. The van der Waals surface area contributed by atoms with E-state index >= 15 is 0 Å². The van der Waals surface area contributed by atoms with E-state index in [4.69, 9.17) is 13.9 Å². The number of carbonyl (C=O) groups excluding carboxylic acids is 2. The quantitative estimate of drug-likeness (QED) is 0.490. The van der Waals surface area contributed by atoms with Gasteiger partial charge in [-0.25, -0.2) is 18.0 Å².